The maximum Gasteiger partial charge on any atom is 0.133 e. The van der Waals surface area contributed by atoms with Crippen molar-refractivity contribution in [2.24, 2.45) is 5.73 Å². The molecule has 100 valence electrons. The first-order chi connectivity index (χ1) is 9.15. The van der Waals surface area contributed by atoms with E-state index in [1.54, 1.807) is 11.8 Å². The number of thioether (sulfide) groups is 1. The van der Waals surface area contributed by atoms with E-state index >= 15 is 0 Å². The van der Waals surface area contributed by atoms with Gasteiger partial charge in [0.2, 0.25) is 0 Å². The van der Waals surface area contributed by atoms with Gasteiger partial charge in [-0.05, 0) is 49.1 Å². The second-order valence-electron chi connectivity index (χ2n) is 4.15. The van der Waals surface area contributed by atoms with Crippen LogP contribution < -0.4 is 10.5 Å². The van der Waals surface area contributed by atoms with Gasteiger partial charge in [0.25, 0.3) is 0 Å². The molecule has 0 saturated carbocycles. The Labute approximate surface area is 122 Å². The van der Waals surface area contributed by atoms with Crippen molar-refractivity contribution >= 4 is 23.4 Å². The normalized spacial score (nSPS) is 10.5. The van der Waals surface area contributed by atoms with Crippen molar-refractivity contribution in [3.63, 3.8) is 0 Å². The maximum atomic E-state index is 6.01. The molecule has 0 atom stereocenters. The number of aryl methyl sites for hydroxylation is 1. The lowest BCUT2D eigenvalue weighted by molar-refractivity contribution is 0.474. The fourth-order valence-electron chi connectivity index (χ4n) is 1.84. The summed E-state index contributed by atoms with van der Waals surface area (Å²) in [5, 5.41) is 0.740. The first kappa shape index (κ1) is 14.3. The van der Waals surface area contributed by atoms with E-state index in [1.807, 2.05) is 49.6 Å². The number of nitrogens with two attached hydrogens (primary N) is 1. The Hall–Kier alpha value is -1.16. The maximum absolute atomic E-state index is 6.01. The predicted octanol–water partition coefficient (Wildman–Crippen LogP) is 4.62. The minimum Gasteiger partial charge on any atom is -0.457 e. The lowest BCUT2D eigenvalue weighted by Gasteiger charge is -2.13. The van der Waals surface area contributed by atoms with Crippen LogP contribution in [0.5, 0.6) is 11.5 Å². The highest BCUT2D eigenvalue weighted by Crippen LogP contribution is 2.32. The summed E-state index contributed by atoms with van der Waals surface area (Å²) < 4.78 is 5.93. The molecule has 2 N–H and O–H groups in total. The van der Waals surface area contributed by atoms with E-state index in [0.29, 0.717) is 6.54 Å². The molecule has 19 heavy (non-hydrogen) atoms. The molecular formula is C15H16ClNOS. The van der Waals surface area contributed by atoms with Crippen LogP contribution in [0.2, 0.25) is 5.02 Å². The van der Waals surface area contributed by atoms with Crippen molar-refractivity contribution in [2.45, 2.75) is 18.4 Å². The molecule has 0 unspecified atom stereocenters. The molecule has 0 fully saturated rings. The lowest BCUT2D eigenvalue weighted by atomic mass is 10.2. The quantitative estimate of drug-likeness (QED) is 0.835. The Kier molecular flexibility index (Phi) is 4.75. The molecule has 0 radical (unpaired) electrons. The van der Waals surface area contributed by atoms with Crippen molar-refractivity contribution in [2.75, 3.05) is 6.26 Å². The predicted molar refractivity (Wildman–Crippen MR) is 82.4 cm³/mol. The SMILES string of the molecule is CSc1cccc(Oc2ccc(Cl)c(C)c2)c1CN. The molecule has 0 heterocycles. The van der Waals surface area contributed by atoms with Crippen LogP contribution in [0.3, 0.4) is 0 Å². The molecule has 2 aromatic carbocycles. The summed E-state index contributed by atoms with van der Waals surface area (Å²) in [7, 11) is 0. The monoisotopic (exact) mass is 293 g/mol. The largest absolute Gasteiger partial charge is 0.457 e. The van der Waals surface area contributed by atoms with Crippen LogP contribution >= 0.6 is 23.4 Å². The Morgan fingerprint density at radius 3 is 2.68 bits per heavy atom. The minimum absolute atomic E-state index is 0.457. The molecule has 0 amide bonds. The van der Waals surface area contributed by atoms with E-state index in [2.05, 4.69) is 0 Å². The first-order valence-electron chi connectivity index (χ1n) is 5.95. The summed E-state index contributed by atoms with van der Waals surface area (Å²) in [6, 6.07) is 11.6. The van der Waals surface area contributed by atoms with Gasteiger partial charge in [-0.2, -0.15) is 0 Å². The topological polar surface area (TPSA) is 35.2 Å². The molecule has 2 rings (SSSR count). The highest BCUT2D eigenvalue weighted by Gasteiger charge is 2.09. The standard InChI is InChI=1S/C15H16ClNOS/c1-10-8-11(6-7-13(10)16)18-14-4-3-5-15(19-2)12(14)9-17/h3-8H,9,17H2,1-2H3. The number of ether oxygens (including phenoxy) is 1. The van der Waals surface area contributed by atoms with E-state index in [4.69, 9.17) is 22.1 Å². The van der Waals surface area contributed by atoms with Gasteiger partial charge in [-0.1, -0.05) is 17.7 Å². The van der Waals surface area contributed by atoms with Gasteiger partial charge in [-0.15, -0.1) is 11.8 Å². The van der Waals surface area contributed by atoms with Gasteiger partial charge < -0.3 is 10.5 Å². The average molecular weight is 294 g/mol. The second-order valence-corrected chi connectivity index (χ2v) is 5.41. The van der Waals surface area contributed by atoms with Crippen LogP contribution in [0.4, 0.5) is 0 Å². The molecule has 0 aliphatic heterocycles. The van der Waals surface area contributed by atoms with Crippen LogP contribution in [0.25, 0.3) is 0 Å². The average Bonchev–Trinajstić information content (AvgIpc) is 2.42. The van der Waals surface area contributed by atoms with Crippen molar-refractivity contribution in [1.29, 1.82) is 0 Å². The zero-order valence-electron chi connectivity index (χ0n) is 10.9. The Morgan fingerprint density at radius 1 is 1.26 bits per heavy atom. The Bertz CT molecular complexity index is 586. The third kappa shape index (κ3) is 3.24. The molecule has 0 bridgehead atoms. The molecular weight excluding hydrogens is 278 g/mol. The van der Waals surface area contributed by atoms with Gasteiger partial charge >= 0.3 is 0 Å². The van der Waals surface area contributed by atoms with Gasteiger partial charge in [0.05, 0.1) is 0 Å². The molecule has 0 aliphatic carbocycles. The lowest BCUT2D eigenvalue weighted by Crippen LogP contribution is -2.01. The van der Waals surface area contributed by atoms with E-state index in [9.17, 15) is 0 Å². The van der Waals surface area contributed by atoms with E-state index in [-0.39, 0.29) is 0 Å². The number of benzene rings is 2. The highest BCUT2D eigenvalue weighted by molar-refractivity contribution is 7.98. The molecule has 2 nitrogen and oxygen atoms in total. The highest BCUT2D eigenvalue weighted by atomic mass is 35.5. The van der Waals surface area contributed by atoms with Crippen molar-refractivity contribution < 1.29 is 4.74 Å². The molecule has 4 heteroatoms. The van der Waals surface area contributed by atoms with Crippen LogP contribution in [-0.4, -0.2) is 6.26 Å². The first-order valence-corrected chi connectivity index (χ1v) is 7.56. The summed E-state index contributed by atoms with van der Waals surface area (Å²) in [5.41, 5.74) is 7.85. The van der Waals surface area contributed by atoms with E-state index in [0.717, 1.165) is 32.5 Å². The summed E-state index contributed by atoms with van der Waals surface area (Å²) in [6.07, 6.45) is 2.03. The Morgan fingerprint density at radius 2 is 2.05 bits per heavy atom. The Balaban J connectivity index is 2.35. The van der Waals surface area contributed by atoms with Crippen LogP contribution in [0.15, 0.2) is 41.3 Å². The summed E-state index contributed by atoms with van der Waals surface area (Å²) >= 11 is 7.68. The van der Waals surface area contributed by atoms with Gasteiger partial charge in [0, 0.05) is 22.0 Å². The molecule has 0 saturated heterocycles. The number of halogens is 1. The van der Waals surface area contributed by atoms with E-state index < -0.39 is 0 Å². The second kappa shape index (κ2) is 6.33. The molecule has 0 aliphatic rings. The van der Waals surface area contributed by atoms with Crippen molar-refractivity contribution in [3.05, 3.63) is 52.5 Å². The molecule has 2 aromatic rings. The fraction of sp³-hybridized carbons (Fsp3) is 0.200. The van der Waals surface area contributed by atoms with Crippen LogP contribution in [0, 0.1) is 6.92 Å². The number of rotatable bonds is 4. The third-order valence-corrected chi connectivity index (χ3v) is 4.12. The van der Waals surface area contributed by atoms with Gasteiger partial charge in [0.1, 0.15) is 11.5 Å². The third-order valence-electron chi connectivity index (χ3n) is 2.87. The summed E-state index contributed by atoms with van der Waals surface area (Å²) in [5.74, 6) is 1.57. The zero-order valence-corrected chi connectivity index (χ0v) is 12.5. The molecule has 0 aromatic heterocycles. The number of hydrogen-bond donors (Lipinski definition) is 1. The van der Waals surface area contributed by atoms with Crippen LogP contribution in [0.1, 0.15) is 11.1 Å². The van der Waals surface area contributed by atoms with Gasteiger partial charge in [0.15, 0.2) is 0 Å². The van der Waals surface area contributed by atoms with Gasteiger partial charge in [-0.3, -0.25) is 0 Å². The summed E-state index contributed by atoms with van der Waals surface area (Å²) in [4.78, 5) is 1.14. The number of hydrogen-bond acceptors (Lipinski definition) is 3. The minimum atomic E-state index is 0.457. The molecule has 0 spiro atoms. The van der Waals surface area contributed by atoms with Crippen LogP contribution in [-0.2, 0) is 6.54 Å². The van der Waals surface area contributed by atoms with Gasteiger partial charge in [-0.25, -0.2) is 0 Å². The van der Waals surface area contributed by atoms with E-state index in [1.165, 1.54) is 0 Å². The summed E-state index contributed by atoms with van der Waals surface area (Å²) in [6.45, 7) is 2.41. The smallest absolute Gasteiger partial charge is 0.133 e. The van der Waals surface area contributed by atoms with Crippen molar-refractivity contribution in [3.8, 4) is 11.5 Å². The fourth-order valence-corrected chi connectivity index (χ4v) is 2.60. The zero-order chi connectivity index (χ0) is 13.8. The van der Waals surface area contributed by atoms with Crippen molar-refractivity contribution in [1.82, 2.24) is 0 Å².